The van der Waals surface area contributed by atoms with E-state index in [4.69, 9.17) is 9.15 Å². The summed E-state index contributed by atoms with van der Waals surface area (Å²) in [5, 5.41) is 3.41. The molecule has 0 saturated heterocycles. The third-order valence-electron chi connectivity index (χ3n) is 2.61. The molecule has 0 saturated carbocycles. The summed E-state index contributed by atoms with van der Waals surface area (Å²) < 4.78 is 10.8. The fraction of sp³-hybridized carbons (Fsp3) is 0.714. The predicted octanol–water partition coefficient (Wildman–Crippen LogP) is 2.25. The molecular formula is C14H26N2O2. The van der Waals surface area contributed by atoms with Crippen LogP contribution in [-0.4, -0.2) is 37.7 Å². The molecule has 1 rings (SSSR count). The van der Waals surface area contributed by atoms with Crippen molar-refractivity contribution < 1.29 is 9.15 Å². The van der Waals surface area contributed by atoms with Crippen LogP contribution in [0.1, 0.15) is 32.3 Å². The second-order valence-electron chi connectivity index (χ2n) is 5.70. The van der Waals surface area contributed by atoms with Gasteiger partial charge in [0, 0.05) is 19.2 Å². The van der Waals surface area contributed by atoms with E-state index in [9.17, 15) is 0 Å². The Kier molecular flexibility index (Phi) is 5.85. The first kappa shape index (κ1) is 15.2. The van der Waals surface area contributed by atoms with E-state index in [1.807, 2.05) is 12.1 Å². The molecule has 0 spiro atoms. The minimum Gasteiger partial charge on any atom is -0.463 e. The Labute approximate surface area is 110 Å². The van der Waals surface area contributed by atoms with E-state index in [1.165, 1.54) is 0 Å². The molecule has 0 radical (unpaired) electrons. The highest BCUT2D eigenvalue weighted by Gasteiger charge is 2.10. The normalized spacial score (nSPS) is 12.3. The monoisotopic (exact) mass is 254 g/mol. The van der Waals surface area contributed by atoms with Crippen LogP contribution in [0.15, 0.2) is 16.5 Å². The Balaban J connectivity index is 2.38. The molecule has 1 N–H and O–H groups in total. The molecule has 4 nitrogen and oxygen atoms in total. The second kappa shape index (κ2) is 6.92. The maximum Gasteiger partial charge on any atom is 0.118 e. The molecule has 0 bridgehead atoms. The fourth-order valence-corrected chi connectivity index (χ4v) is 1.55. The molecule has 0 amide bonds. The molecule has 0 aliphatic carbocycles. The van der Waals surface area contributed by atoms with Crippen LogP contribution in [0.25, 0.3) is 0 Å². The summed E-state index contributed by atoms with van der Waals surface area (Å²) in [6.07, 6.45) is 0. The van der Waals surface area contributed by atoms with Gasteiger partial charge in [-0.1, -0.05) is 0 Å². The molecule has 0 aromatic carbocycles. The summed E-state index contributed by atoms with van der Waals surface area (Å²) in [4.78, 5) is 2.18. The Morgan fingerprint density at radius 2 is 1.94 bits per heavy atom. The number of ether oxygens (including phenoxy) is 1. The summed E-state index contributed by atoms with van der Waals surface area (Å²) in [5.74, 6) is 1.99. The van der Waals surface area contributed by atoms with Gasteiger partial charge < -0.3 is 14.5 Å². The molecule has 0 fully saturated rings. The van der Waals surface area contributed by atoms with Gasteiger partial charge in [-0.2, -0.15) is 0 Å². The summed E-state index contributed by atoms with van der Waals surface area (Å²) in [7, 11) is 3.78. The lowest BCUT2D eigenvalue weighted by atomic mass is 10.1. The van der Waals surface area contributed by atoms with Crippen molar-refractivity contribution in [2.45, 2.75) is 39.4 Å². The van der Waals surface area contributed by atoms with Crippen molar-refractivity contribution >= 4 is 0 Å². The lowest BCUT2D eigenvalue weighted by molar-refractivity contribution is 0.154. The zero-order valence-corrected chi connectivity index (χ0v) is 12.2. The number of likely N-dealkylation sites (N-methyl/N-ethyl adjacent to an activating group) is 1. The van der Waals surface area contributed by atoms with E-state index in [2.05, 4.69) is 38.0 Å². The first-order valence-electron chi connectivity index (χ1n) is 6.41. The fourth-order valence-electron chi connectivity index (χ4n) is 1.55. The Hall–Kier alpha value is -0.840. The van der Waals surface area contributed by atoms with Gasteiger partial charge in [0.1, 0.15) is 11.5 Å². The summed E-state index contributed by atoms with van der Waals surface area (Å²) in [6.45, 7) is 9.69. The number of methoxy groups -OCH3 is 1. The highest BCUT2D eigenvalue weighted by Crippen LogP contribution is 2.11. The van der Waals surface area contributed by atoms with E-state index in [0.717, 1.165) is 37.8 Å². The van der Waals surface area contributed by atoms with Crippen molar-refractivity contribution in [1.82, 2.24) is 10.2 Å². The predicted molar refractivity (Wildman–Crippen MR) is 73.5 cm³/mol. The maximum absolute atomic E-state index is 5.78. The number of nitrogens with one attached hydrogen (secondary N) is 1. The molecule has 18 heavy (non-hydrogen) atoms. The standard InChI is InChI=1S/C14H26N2O2/c1-14(2,3)15-10-12-6-7-13(18-12)11-16(4)8-9-17-5/h6-7,15H,8-11H2,1-5H3. The molecule has 1 aromatic heterocycles. The van der Waals surface area contributed by atoms with E-state index in [1.54, 1.807) is 7.11 Å². The van der Waals surface area contributed by atoms with E-state index in [-0.39, 0.29) is 5.54 Å². The quantitative estimate of drug-likeness (QED) is 0.810. The number of nitrogens with zero attached hydrogens (tertiary/aromatic N) is 1. The van der Waals surface area contributed by atoms with Gasteiger partial charge in [-0.3, -0.25) is 4.90 Å². The van der Waals surface area contributed by atoms with E-state index < -0.39 is 0 Å². The molecular weight excluding hydrogens is 228 g/mol. The molecule has 0 atom stereocenters. The zero-order valence-electron chi connectivity index (χ0n) is 12.2. The van der Waals surface area contributed by atoms with Crippen LogP contribution in [0.3, 0.4) is 0 Å². The van der Waals surface area contributed by atoms with Crippen LogP contribution in [0.2, 0.25) is 0 Å². The summed E-state index contributed by atoms with van der Waals surface area (Å²) in [5.41, 5.74) is 0.113. The van der Waals surface area contributed by atoms with Crippen LogP contribution in [0, 0.1) is 0 Å². The van der Waals surface area contributed by atoms with Gasteiger partial charge >= 0.3 is 0 Å². The van der Waals surface area contributed by atoms with Crippen LogP contribution in [0.4, 0.5) is 0 Å². The number of hydrogen-bond donors (Lipinski definition) is 1. The molecule has 0 aliphatic heterocycles. The molecule has 1 aromatic rings. The van der Waals surface area contributed by atoms with Crippen molar-refractivity contribution in [3.8, 4) is 0 Å². The van der Waals surface area contributed by atoms with Crippen LogP contribution < -0.4 is 5.32 Å². The highest BCUT2D eigenvalue weighted by molar-refractivity contribution is 5.07. The van der Waals surface area contributed by atoms with Gasteiger partial charge in [-0.15, -0.1) is 0 Å². The minimum absolute atomic E-state index is 0.113. The molecule has 104 valence electrons. The van der Waals surface area contributed by atoms with Gasteiger partial charge in [0.15, 0.2) is 0 Å². The lowest BCUT2D eigenvalue weighted by Gasteiger charge is -2.19. The highest BCUT2D eigenvalue weighted by atomic mass is 16.5. The first-order valence-corrected chi connectivity index (χ1v) is 6.41. The number of rotatable bonds is 7. The largest absolute Gasteiger partial charge is 0.463 e. The van der Waals surface area contributed by atoms with Gasteiger partial charge in [0.2, 0.25) is 0 Å². The van der Waals surface area contributed by atoms with Crippen LogP contribution in [0.5, 0.6) is 0 Å². The van der Waals surface area contributed by atoms with Crippen molar-refractivity contribution in [3.63, 3.8) is 0 Å². The van der Waals surface area contributed by atoms with Gasteiger partial charge in [0.05, 0.1) is 19.7 Å². The zero-order chi connectivity index (χ0) is 13.6. The number of furan rings is 1. The SMILES string of the molecule is COCCN(C)Cc1ccc(CNC(C)(C)C)o1. The van der Waals surface area contributed by atoms with Crippen molar-refractivity contribution in [2.24, 2.45) is 0 Å². The third-order valence-corrected chi connectivity index (χ3v) is 2.61. The van der Waals surface area contributed by atoms with Crippen LogP contribution >= 0.6 is 0 Å². The third kappa shape index (κ3) is 6.19. The molecule has 1 heterocycles. The first-order chi connectivity index (χ1) is 8.40. The lowest BCUT2D eigenvalue weighted by Crippen LogP contribution is -2.34. The van der Waals surface area contributed by atoms with Gasteiger partial charge in [-0.25, -0.2) is 0 Å². The van der Waals surface area contributed by atoms with Crippen molar-refractivity contribution in [3.05, 3.63) is 23.7 Å². The average molecular weight is 254 g/mol. The summed E-state index contributed by atoms with van der Waals surface area (Å²) >= 11 is 0. The van der Waals surface area contributed by atoms with Gasteiger partial charge in [0.25, 0.3) is 0 Å². The Morgan fingerprint density at radius 3 is 2.56 bits per heavy atom. The Morgan fingerprint density at radius 1 is 1.28 bits per heavy atom. The number of hydrogen-bond acceptors (Lipinski definition) is 4. The molecule has 0 unspecified atom stereocenters. The van der Waals surface area contributed by atoms with E-state index >= 15 is 0 Å². The molecule has 4 heteroatoms. The Bertz CT molecular complexity index is 342. The minimum atomic E-state index is 0.113. The van der Waals surface area contributed by atoms with Crippen molar-refractivity contribution in [2.75, 3.05) is 27.3 Å². The second-order valence-corrected chi connectivity index (χ2v) is 5.70. The topological polar surface area (TPSA) is 37.6 Å². The average Bonchev–Trinajstić information content (AvgIpc) is 2.70. The molecule has 0 aliphatic rings. The smallest absolute Gasteiger partial charge is 0.118 e. The van der Waals surface area contributed by atoms with Crippen molar-refractivity contribution in [1.29, 1.82) is 0 Å². The van der Waals surface area contributed by atoms with E-state index in [0.29, 0.717) is 0 Å². The van der Waals surface area contributed by atoms with Gasteiger partial charge in [-0.05, 0) is 40.0 Å². The maximum atomic E-state index is 5.78. The summed E-state index contributed by atoms with van der Waals surface area (Å²) in [6, 6.07) is 4.08. The van der Waals surface area contributed by atoms with Crippen LogP contribution in [-0.2, 0) is 17.8 Å².